The first-order valence-corrected chi connectivity index (χ1v) is 8.02. The molecule has 2 aliphatic rings. The summed E-state index contributed by atoms with van der Waals surface area (Å²) in [6.07, 6.45) is 2.47. The molecule has 1 aliphatic carbocycles. The fourth-order valence-corrected chi connectivity index (χ4v) is 4.42. The van der Waals surface area contributed by atoms with Crippen LogP contribution in [0.5, 0.6) is 0 Å². The van der Waals surface area contributed by atoms with E-state index in [1.165, 1.54) is 0 Å². The van der Waals surface area contributed by atoms with Crippen LogP contribution in [-0.2, 0) is 9.59 Å². The summed E-state index contributed by atoms with van der Waals surface area (Å²) < 4.78 is 0. The zero-order chi connectivity index (χ0) is 15.3. The average molecular weight is 307 g/mol. The molecule has 1 N–H and O–H groups in total. The molecule has 1 saturated carbocycles. The molecular formula is C15H17NO4S. The summed E-state index contributed by atoms with van der Waals surface area (Å²) in [5.74, 6) is -1.62. The number of hydrogen-bond acceptors (Lipinski definition) is 4. The summed E-state index contributed by atoms with van der Waals surface area (Å²) in [7, 11) is 0. The highest BCUT2D eigenvalue weighted by molar-refractivity contribution is 7.12. The van der Waals surface area contributed by atoms with Gasteiger partial charge in [-0.25, -0.2) is 9.69 Å². The molecule has 2 atom stereocenters. The van der Waals surface area contributed by atoms with Crippen molar-refractivity contribution in [2.75, 3.05) is 4.90 Å². The van der Waals surface area contributed by atoms with E-state index in [1.807, 2.05) is 0 Å². The first-order valence-electron chi connectivity index (χ1n) is 7.14. The van der Waals surface area contributed by atoms with Gasteiger partial charge in [0.25, 0.3) is 0 Å². The second kappa shape index (κ2) is 4.94. The van der Waals surface area contributed by atoms with Crippen molar-refractivity contribution in [2.45, 2.75) is 33.1 Å². The van der Waals surface area contributed by atoms with Crippen LogP contribution in [0.25, 0.3) is 0 Å². The molecule has 2 heterocycles. The zero-order valence-corrected chi connectivity index (χ0v) is 12.8. The molecule has 6 heteroatoms. The van der Waals surface area contributed by atoms with Crippen LogP contribution in [0.1, 0.15) is 41.4 Å². The fourth-order valence-electron chi connectivity index (χ4n) is 3.55. The van der Waals surface area contributed by atoms with Gasteiger partial charge in [-0.3, -0.25) is 9.59 Å². The molecule has 1 aromatic heterocycles. The van der Waals surface area contributed by atoms with Crippen molar-refractivity contribution in [3.63, 3.8) is 0 Å². The number of hydrogen-bond donors (Lipinski definition) is 1. The quantitative estimate of drug-likeness (QED) is 0.871. The van der Waals surface area contributed by atoms with Gasteiger partial charge in [0.2, 0.25) is 11.8 Å². The lowest BCUT2D eigenvalue weighted by atomic mass is 10.00. The van der Waals surface area contributed by atoms with Crippen molar-refractivity contribution in [2.24, 2.45) is 17.8 Å². The van der Waals surface area contributed by atoms with Crippen LogP contribution >= 0.6 is 11.3 Å². The number of carboxylic acids is 1. The Kier molecular flexibility index (Phi) is 3.36. The maximum atomic E-state index is 12.6. The molecule has 2 amide bonds. The van der Waals surface area contributed by atoms with Gasteiger partial charge < -0.3 is 5.11 Å². The lowest BCUT2D eigenvalue weighted by Crippen LogP contribution is -2.33. The molecule has 2 unspecified atom stereocenters. The van der Waals surface area contributed by atoms with Gasteiger partial charge in [0, 0.05) is 0 Å². The Hall–Kier alpha value is -1.69. The number of amides is 2. The average Bonchev–Trinajstić information content (AvgIpc) is 3.07. The molecule has 0 bridgehead atoms. The zero-order valence-electron chi connectivity index (χ0n) is 12.0. The molecule has 5 nitrogen and oxygen atoms in total. The van der Waals surface area contributed by atoms with E-state index in [9.17, 15) is 19.5 Å². The van der Waals surface area contributed by atoms with E-state index in [2.05, 4.69) is 6.92 Å². The topological polar surface area (TPSA) is 74.7 Å². The van der Waals surface area contributed by atoms with Crippen molar-refractivity contribution in [1.29, 1.82) is 0 Å². The van der Waals surface area contributed by atoms with Gasteiger partial charge in [-0.05, 0) is 36.6 Å². The third-order valence-electron chi connectivity index (χ3n) is 4.67. The molecule has 1 aromatic rings. The minimum Gasteiger partial charge on any atom is -0.477 e. The number of aromatic carboxylic acids is 1. The Morgan fingerprint density at radius 1 is 1.33 bits per heavy atom. The number of carbonyl (C=O) groups excluding carboxylic acids is 2. The Balaban J connectivity index is 1.99. The number of anilines is 1. The minimum absolute atomic E-state index is 0.0706. The number of rotatable bonds is 3. The summed E-state index contributed by atoms with van der Waals surface area (Å²) in [5.41, 5.74) is 0.955. The highest BCUT2D eigenvalue weighted by Crippen LogP contribution is 2.47. The summed E-state index contributed by atoms with van der Waals surface area (Å²) in [4.78, 5) is 37.7. The maximum Gasteiger partial charge on any atom is 0.348 e. The van der Waals surface area contributed by atoms with E-state index in [4.69, 9.17) is 0 Å². The summed E-state index contributed by atoms with van der Waals surface area (Å²) in [6, 6.07) is 0. The normalized spacial score (nSPS) is 28.3. The number of thiophene rings is 1. The summed E-state index contributed by atoms with van der Waals surface area (Å²) in [5, 5.41) is 10.9. The molecule has 1 saturated heterocycles. The Morgan fingerprint density at radius 3 is 2.38 bits per heavy atom. The van der Waals surface area contributed by atoms with Gasteiger partial charge in [-0.15, -0.1) is 11.3 Å². The molecule has 1 aliphatic heterocycles. The molecule has 3 rings (SSSR count). The summed E-state index contributed by atoms with van der Waals surface area (Å²) in [6.45, 7) is 3.81. The van der Waals surface area contributed by atoms with Crippen LogP contribution in [0.3, 0.4) is 0 Å². The monoisotopic (exact) mass is 307 g/mol. The van der Waals surface area contributed by atoms with Crippen LogP contribution in [0.15, 0.2) is 5.38 Å². The summed E-state index contributed by atoms with van der Waals surface area (Å²) >= 11 is 1.06. The number of fused-ring (bicyclic) bond motifs is 1. The second-order valence-electron chi connectivity index (χ2n) is 5.87. The van der Waals surface area contributed by atoms with Crippen LogP contribution < -0.4 is 4.90 Å². The number of carboxylic acid groups (broad SMARTS) is 1. The lowest BCUT2D eigenvalue weighted by molar-refractivity contribution is -0.123. The first kappa shape index (κ1) is 14.3. The second-order valence-corrected chi connectivity index (χ2v) is 6.75. The van der Waals surface area contributed by atoms with Crippen molar-refractivity contribution in [1.82, 2.24) is 0 Å². The van der Waals surface area contributed by atoms with E-state index >= 15 is 0 Å². The van der Waals surface area contributed by atoms with Crippen LogP contribution in [0.2, 0.25) is 0 Å². The van der Waals surface area contributed by atoms with Crippen molar-refractivity contribution in [3.8, 4) is 0 Å². The molecule has 0 radical (unpaired) electrons. The number of nitrogens with zero attached hydrogens (tertiary/aromatic N) is 1. The SMILES string of the molecule is CCC1CC2C(=O)N(c3c(C)csc3C(=O)O)C(=O)C2C1. The van der Waals surface area contributed by atoms with Crippen molar-refractivity contribution in [3.05, 3.63) is 15.8 Å². The predicted octanol–water partition coefficient (Wildman–Crippen LogP) is 2.68. The maximum absolute atomic E-state index is 12.6. The Morgan fingerprint density at radius 2 is 1.90 bits per heavy atom. The van der Waals surface area contributed by atoms with E-state index in [0.717, 1.165) is 35.5 Å². The van der Waals surface area contributed by atoms with Gasteiger partial charge in [0.15, 0.2) is 0 Å². The minimum atomic E-state index is -1.09. The number of carbonyl (C=O) groups is 3. The van der Waals surface area contributed by atoms with Crippen LogP contribution in [0, 0.1) is 24.7 Å². The fraction of sp³-hybridized carbons (Fsp3) is 0.533. The van der Waals surface area contributed by atoms with E-state index in [1.54, 1.807) is 12.3 Å². The standard InChI is InChI=1S/C15H17NO4S/c1-3-8-4-9-10(5-8)14(18)16(13(9)17)11-7(2)6-21-12(11)15(19)20/h6,8-10H,3-5H2,1-2H3,(H,19,20). The van der Waals surface area contributed by atoms with E-state index in [-0.39, 0.29) is 34.2 Å². The predicted molar refractivity (Wildman–Crippen MR) is 78.5 cm³/mol. The lowest BCUT2D eigenvalue weighted by Gasteiger charge is -2.18. The molecule has 2 fully saturated rings. The van der Waals surface area contributed by atoms with Crippen molar-refractivity contribution < 1.29 is 19.5 Å². The molecule has 21 heavy (non-hydrogen) atoms. The molecule has 0 spiro atoms. The largest absolute Gasteiger partial charge is 0.477 e. The molecule has 0 aromatic carbocycles. The van der Waals surface area contributed by atoms with E-state index in [0.29, 0.717) is 11.5 Å². The third kappa shape index (κ3) is 2.00. The van der Waals surface area contributed by atoms with Gasteiger partial charge in [-0.1, -0.05) is 13.3 Å². The van der Waals surface area contributed by atoms with Crippen LogP contribution in [-0.4, -0.2) is 22.9 Å². The highest BCUT2D eigenvalue weighted by atomic mass is 32.1. The highest BCUT2D eigenvalue weighted by Gasteiger charge is 2.53. The first-order chi connectivity index (χ1) is 9.95. The molecule has 112 valence electrons. The van der Waals surface area contributed by atoms with Gasteiger partial charge >= 0.3 is 5.97 Å². The van der Waals surface area contributed by atoms with Crippen molar-refractivity contribution >= 4 is 34.8 Å². The number of aryl methyl sites for hydroxylation is 1. The van der Waals surface area contributed by atoms with Gasteiger partial charge in [0.1, 0.15) is 4.88 Å². The number of imide groups is 1. The van der Waals surface area contributed by atoms with Crippen LogP contribution in [0.4, 0.5) is 5.69 Å². The molecular weight excluding hydrogens is 290 g/mol. The van der Waals surface area contributed by atoms with Gasteiger partial charge in [0.05, 0.1) is 17.5 Å². The van der Waals surface area contributed by atoms with Gasteiger partial charge in [-0.2, -0.15) is 0 Å². The smallest absolute Gasteiger partial charge is 0.348 e. The van der Waals surface area contributed by atoms with E-state index < -0.39 is 5.97 Å². The third-order valence-corrected chi connectivity index (χ3v) is 5.75. The Labute approximate surface area is 126 Å². The Bertz CT molecular complexity index is 612.